The lowest BCUT2D eigenvalue weighted by molar-refractivity contribution is 0.309. The van der Waals surface area contributed by atoms with E-state index in [4.69, 9.17) is 5.73 Å². The third-order valence-corrected chi connectivity index (χ3v) is 2.89. The zero-order chi connectivity index (χ0) is 11.8. The topological polar surface area (TPSA) is 47.1 Å². The molecular formula is C12H24N4. The minimum atomic E-state index is 0.817. The highest BCUT2D eigenvalue weighted by molar-refractivity contribution is 4.88. The zero-order valence-electron chi connectivity index (χ0n) is 10.5. The van der Waals surface area contributed by atoms with Gasteiger partial charge in [-0.25, -0.2) is 4.98 Å². The van der Waals surface area contributed by atoms with Gasteiger partial charge in [-0.3, -0.25) is 0 Å². The van der Waals surface area contributed by atoms with Crippen LogP contribution in [-0.2, 0) is 6.54 Å². The van der Waals surface area contributed by atoms with Gasteiger partial charge in [0.05, 0.1) is 0 Å². The van der Waals surface area contributed by atoms with Gasteiger partial charge in [0, 0.05) is 25.5 Å². The van der Waals surface area contributed by atoms with Crippen LogP contribution in [0, 0.1) is 6.92 Å². The van der Waals surface area contributed by atoms with E-state index in [9.17, 15) is 0 Å². The Morgan fingerprint density at radius 3 is 2.75 bits per heavy atom. The Labute approximate surface area is 98.5 Å². The second-order valence-electron chi connectivity index (χ2n) is 4.32. The van der Waals surface area contributed by atoms with Crippen LogP contribution in [0.1, 0.15) is 25.1 Å². The van der Waals surface area contributed by atoms with Crippen LogP contribution in [0.5, 0.6) is 0 Å². The number of imidazole rings is 1. The van der Waals surface area contributed by atoms with Gasteiger partial charge in [-0.2, -0.15) is 0 Å². The molecule has 0 bridgehead atoms. The van der Waals surface area contributed by atoms with Crippen molar-refractivity contribution in [2.75, 3.05) is 26.7 Å². The van der Waals surface area contributed by atoms with Gasteiger partial charge in [0.25, 0.3) is 0 Å². The Hall–Kier alpha value is -0.870. The molecule has 0 fully saturated rings. The molecule has 1 heterocycles. The summed E-state index contributed by atoms with van der Waals surface area (Å²) in [5.41, 5.74) is 5.46. The van der Waals surface area contributed by atoms with E-state index in [0.717, 1.165) is 38.4 Å². The van der Waals surface area contributed by atoms with Gasteiger partial charge in [-0.1, -0.05) is 6.42 Å². The van der Waals surface area contributed by atoms with Gasteiger partial charge < -0.3 is 15.2 Å². The lowest BCUT2D eigenvalue weighted by Crippen LogP contribution is -2.24. The van der Waals surface area contributed by atoms with E-state index in [1.165, 1.54) is 12.8 Å². The van der Waals surface area contributed by atoms with E-state index < -0.39 is 0 Å². The summed E-state index contributed by atoms with van der Waals surface area (Å²) < 4.78 is 2.19. The molecule has 0 atom stereocenters. The first-order valence-corrected chi connectivity index (χ1v) is 6.10. The fourth-order valence-corrected chi connectivity index (χ4v) is 1.73. The summed E-state index contributed by atoms with van der Waals surface area (Å²) in [6.07, 6.45) is 7.53. The molecule has 4 nitrogen and oxygen atoms in total. The maximum Gasteiger partial charge on any atom is 0.105 e. The average molecular weight is 224 g/mol. The van der Waals surface area contributed by atoms with Crippen LogP contribution in [0.3, 0.4) is 0 Å². The number of aromatic nitrogens is 2. The summed E-state index contributed by atoms with van der Waals surface area (Å²) in [5.74, 6) is 1.09. The van der Waals surface area contributed by atoms with Crippen LogP contribution in [0.25, 0.3) is 0 Å². The van der Waals surface area contributed by atoms with Crippen molar-refractivity contribution in [3.8, 4) is 0 Å². The summed E-state index contributed by atoms with van der Waals surface area (Å²) in [4.78, 5) is 6.58. The number of rotatable bonds is 8. The van der Waals surface area contributed by atoms with Crippen molar-refractivity contribution in [2.24, 2.45) is 5.73 Å². The van der Waals surface area contributed by atoms with Crippen LogP contribution in [0.2, 0.25) is 0 Å². The van der Waals surface area contributed by atoms with Crippen molar-refractivity contribution in [3.05, 3.63) is 18.2 Å². The summed E-state index contributed by atoms with van der Waals surface area (Å²) >= 11 is 0. The normalized spacial score (nSPS) is 11.2. The largest absolute Gasteiger partial charge is 0.334 e. The molecule has 0 unspecified atom stereocenters. The molecule has 1 rings (SSSR count). The van der Waals surface area contributed by atoms with Crippen molar-refractivity contribution < 1.29 is 0 Å². The van der Waals surface area contributed by atoms with Gasteiger partial charge in [0.15, 0.2) is 0 Å². The van der Waals surface area contributed by atoms with Crippen molar-refractivity contribution >= 4 is 0 Å². The standard InChI is InChI=1S/C12H24N4/c1-12-14-7-9-16(12)11-10-15(2)8-5-3-4-6-13/h7,9H,3-6,8,10-11,13H2,1-2H3. The molecule has 4 heteroatoms. The molecule has 0 aromatic carbocycles. The Morgan fingerprint density at radius 1 is 1.31 bits per heavy atom. The lowest BCUT2D eigenvalue weighted by atomic mass is 10.2. The number of aryl methyl sites for hydroxylation is 1. The van der Waals surface area contributed by atoms with E-state index in [-0.39, 0.29) is 0 Å². The molecule has 0 saturated carbocycles. The number of hydrogen-bond donors (Lipinski definition) is 1. The molecule has 0 saturated heterocycles. The summed E-state index contributed by atoms with van der Waals surface area (Å²) in [7, 11) is 2.18. The molecule has 0 spiro atoms. The highest BCUT2D eigenvalue weighted by Gasteiger charge is 2.00. The van der Waals surface area contributed by atoms with E-state index in [1.54, 1.807) is 0 Å². The van der Waals surface area contributed by atoms with Crippen molar-refractivity contribution in [1.29, 1.82) is 0 Å². The third-order valence-electron chi connectivity index (χ3n) is 2.89. The molecule has 1 aromatic rings. The quantitative estimate of drug-likeness (QED) is 0.676. The van der Waals surface area contributed by atoms with Crippen LogP contribution >= 0.6 is 0 Å². The van der Waals surface area contributed by atoms with Gasteiger partial charge >= 0.3 is 0 Å². The Kier molecular flexibility index (Phi) is 6.11. The Bertz CT molecular complexity index is 282. The first-order valence-electron chi connectivity index (χ1n) is 6.10. The van der Waals surface area contributed by atoms with Crippen molar-refractivity contribution in [1.82, 2.24) is 14.5 Å². The van der Waals surface area contributed by atoms with Crippen molar-refractivity contribution in [2.45, 2.75) is 32.7 Å². The van der Waals surface area contributed by atoms with Crippen molar-refractivity contribution in [3.63, 3.8) is 0 Å². The smallest absolute Gasteiger partial charge is 0.105 e. The van der Waals surface area contributed by atoms with Crippen LogP contribution in [0.4, 0.5) is 0 Å². The first kappa shape index (κ1) is 13.2. The molecule has 2 N–H and O–H groups in total. The van der Waals surface area contributed by atoms with E-state index in [2.05, 4.69) is 21.5 Å². The Balaban J connectivity index is 2.10. The monoisotopic (exact) mass is 224 g/mol. The molecule has 0 aliphatic rings. The number of nitrogens with zero attached hydrogens (tertiary/aromatic N) is 3. The Morgan fingerprint density at radius 2 is 2.12 bits per heavy atom. The molecule has 0 aliphatic carbocycles. The highest BCUT2D eigenvalue weighted by atomic mass is 15.1. The molecule has 92 valence electrons. The molecule has 0 amide bonds. The fourth-order valence-electron chi connectivity index (χ4n) is 1.73. The summed E-state index contributed by atoms with van der Waals surface area (Å²) in [6, 6.07) is 0. The van der Waals surface area contributed by atoms with Gasteiger partial charge in [0.2, 0.25) is 0 Å². The van der Waals surface area contributed by atoms with E-state index in [1.807, 2.05) is 19.3 Å². The maximum atomic E-state index is 5.46. The predicted molar refractivity (Wildman–Crippen MR) is 67.4 cm³/mol. The molecule has 16 heavy (non-hydrogen) atoms. The highest BCUT2D eigenvalue weighted by Crippen LogP contribution is 1.99. The zero-order valence-corrected chi connectivity index (χ0v) is 10.5. The lowest BCUT2D eigenvalue weighted by Gasteiger charge is -2.17. The number of hydrogen-bond acceptors (Lipinski definition) is 3. The minimum Gasteiger partial charge on any atom is -0.334 e. The van der Waals surface area contributed by atoms with Gasteiger partial charge in [-0.05, 0) is 39.9 Å². The second kappa shape index (κ2) is 7.41. The van der Waals surface area contributed by atoms with E-state index >= 15 is 0 Å². The summed E-state index contributed by atoms with van der Waals surface area (Å²) in [6.45, 7) is 6.13. The number of unbranched alkanes of at least 4 members (excludes halogenated alkanes) is 2. The van der Waals surface area contributed by atoms with Gasteiger partial charge in [0.1, 0.15) is 5.82 Å². The van der Waals surface area contributed by atoms with Gasteiger partial charge in [-0.15, -0.1) is 0 Å². The minimum absolute atomic E-state index is 0.817. The molecule has 0 radical (unpaired) electrons. The average Bonchev–Trinajstić information content (AvgIpc) is 2.67. The summed E-state index contributed by atoms with van der Waals surface area (Å²) in [5, 5.41) is 0. The SMILES string of the molecule is Cc1nccn1CCN(C)CCCCCN. The maximum absolute atomic E-state index is 5.46. The molecule has 0 aliphatic heterocycles. The van der Waals surface area contributed by atoms with Crippen LogP contribution < -0.4 is 5.73 Å². The first-order chi connectivity index (χ1) is 7.74. The number of nitrogens with two attached hydrogens (primary N) is 1. The van der Waals surface area contributed by atoms with E-state index in [0.29, 0.717) is 0 Å². The molecule has 1 aromatic heterocycles. The number of likely N-dealkylation sites (N-methyl/N-ethyl adjacent to an activating group) is 1. The second-order valence-corrected chi connectivity index (χ2v) is 4.32. The van der Waals surface area contributed by atoms with Crippen LogP contribution in [0.15, 0.2) is 12.4 Å². The predicted octanol–water partition coefficient (Wildman–Crippen LogP) is 1.25. The van der Waals surface area contributed by atoms with Crippen LogP contribution in [-0.4, -0.2) is 41.1 Å². The fraction of sp³-hybridized carbons (Fsp3) is 0.750. The third kappa shape index (κ3) is 4.77. The molecular weight excluding hydrogens is 200 g/mol.